The summed E-state index contributed by atoms with van der Waals surface area (Å²) in [5.41, 5.74) is 8.22. The van der Waals surface area contributed by atoms with Gasteiger partial charge in [-0.05, 0) is 19.2 Å². The van der Waals surface area contributed by atoms with Gasteiger partial charge in [0.2, 0.25) is 0 Å². The first-order chi connectivity index (χ1) is 6.13. The molecule has 4 heteroatoms. The maximum Gasteiger partial charge on any atom is 0.0596 e. The Balaban J connectivity index is 2.57. The van der Waals surface area contributed by atoms with Gasteiger partial charge in [-0.15, -0.1) is 0 Å². The maximum atomic E-state index is 5.93. The lowest BCUT2D eigenvalue weighted by atomic mass is 10.2. The quantitative estimate of drug-likeness (QED) is 0.785. The topological polar surface area (TPSA) is 43.8 Å². The van der Waals surface area contributed by atoms with E-state index < -0.39 is 0 Å². The zero-order valence-electron chi connectivity index (χ0n) is 8.45. The van der Waals surface area contributed by atoms with Gasteiger partial charge in [-0.3, -0.25) is 4.68 Å². The molecule has 1 heterocycles. The van der Waals surface area contributed by atoms with E-state index in [1.54, 1.807) is 11.8 Å². The van der Waals surface area contributed by atoms with E-state index in [-0.39, 0.29) is 6.04 Å². The molecule has 0 aromatic carbocycles. The lowest BCUT2D eigenvalue weighted by molar-refractivity contribution is 0.653. The molecule has 0 aliphatic rings. The van der Waals surface area contributed by atoms with E-state index in [4.69, 9.17) is 5.73 Å². The van der Waals surface area contributed by atoms with Gasteiger partial charge in [0.15, 0.2) is 0 Å². The summed E-state index contributed by atoms with van der Waals surface area (Å²) in [5, 5.41) is 4.28. The molecule has 0 aliphatic carbocycles. The van der Waals surface area contributed by atoms with Crippen molar-refractivity contribution in [3.8, 4) is 0 Å². The molecule has 1 aromatic heterocycles. The predicted octanol–water partition coefficient (Wildman–Crippen LogP) is 0.961. The number of aryl methyl sites for hydroxylation is 2. The van der Waals surface area contributed by atoms with Crippen molar-refractivity contribution in [1.82, 2.24) is 9.78 Å². The number of aromatic nitrogens is 2. The van der Waals surface area contributed by atoms with Crippen LogP contribution in [0.2, 0.25) is 0 Å². The van der Waals surface area contributed by atoms with Gasteiger partial charge in [0.1, 0.15) is 0 Å². The second-order valence-electron chi connectivity index (χ2n) is 3.32. The molecule has 0 saturated carbocycles. The second kappa shape index (κ2) is 4.67. The van der Waals surface area contributed by atoms with E-state index in [9.17, 15) is 0 Å². The largest absolute Gasteiger partial charge is 0.327 e. The van der Waals surface area contributed by atoms with Crippen molar-refractivity contribution >= 4 is 11.8 Å². The first-order valence-electron chi connectivity index (χ1n) is 4.37. The van der Waals surface area contributed by atoms with Crippen molar-refractivity contribution in [3.63, 3.8) is 0 Å². The Hall–Kier alpha value is -0.480. The van der Waals surface area contributed by atoms with Crippen molar-refractivity contribution in [2.45, 2.75) is 19.4 Å². The molecule has 0 spiro atoms. The Morgan fingerprint density at radius 2 is 2.38 bits per heavy atom. The summed E-state index contributed by atoms with van der Waals surface area (Å²) in [5.74, 6) is 1.00. The highest BCUT2D eigenvalue weighted by molar-refractivity contribution is 7.98. The van der Waals surface area contributed by atoms with Crippen LogP contribution in [-0.2, 0) is 13.5 Å². The number of thioether (sulfide) groups is 1. The average molecular weight is 199 g/mol. The first kappa shape index (κ1) is 10.6. The molecule has 0 fully saturated rings. The number of nitrogens with two attached hydrogens (primary N) is 1. The van der Waals surface area contributed by atoms with Gasteiger partial charge in [0.25, 0.3) is 0 Å². The summed E-state index contributed by atoms with van der Waals surface area (Å²) in [6.07, 6.45) is 2.99. The van der Waals surface area contributed by atoms with Gasteiger partial charge < -0.3 is 5.73 Å². The van der Waals surface area contributed by atoms with Crippen LogP contribution < -0.4 is 5.73 Å². The molecule has 13 heavy (non-hydrogen) atoms. The third-order valence-electron chi connectivity index (χ3n) is 1.95. The smallest absolute Gasteiger partial charge is 0.0596 e. The molecule has 0 radical (unpaired) electrons. The van der Waals surface area contributed by atoms with Gasteiger partial charge in [0, 0.05) is 31.0 Å². The van der Waals surface area contributed by atoms with Crippen LogP contribution in [0.3, 0.4) is 0 Å². The highest BCUT2D eigenvalue weighted by atomic mass is 32.2. The Labute approximate surface area is 83.7 Å². The normalized spacial score (nSPS) is 13.2. The van der Waals surface area contributed by atoms with Crippen molar-refractivity contribution in [3.05, 3.63) is 17.5 Å². The molecule has 1 aromatic rings. The summed E-state index contributed by atoms with van der Waals surface area (Å²) < 4.78 is 1.91. The van der Waals surface area contributed by atoms with Crippen molar-refractivity contribution in [1.29, 1.82) is 0 Å². The summed E-state index contributed by atoms with van der Waals surface area (Å²) in [7, 11) is 1.97. The summed E-state index contributed by atoms with van der Waals surface area (Å²) in [4.78, 5) is 0. The first-order valence-corrected chi connectivity index (χ1v) is 5.77. The molecule has 2 N–H and O–H groups in total. The van der Waals surface area contributed by atoms with Gasteiger partial charge >= 0.3 is 0 Å². The summed E-state index contributed by atoms with van der Waals surface area (Å²) in [6, 6.07) is 2.34. The fourth-order valence-corrected chi connectivity index (χ4v) is 1.94. The molecule has 0 aliphatic heterocycles. The molecule has 1 atom stereocenters. The van der Waals surface area contributed by atoms with Gasteiger partial charge in [-0.25, -0.2) is 0 Å². The monoisotopic (exact) mass is 199 g/mol. The van der Waals surface area contributed by atoms with Crippen LogP contribution in [0.25, 0.3) is 0 Å². The van der Waals surface area contributed by atoms with E-state index in [1.165, 1.54) is 5.69 Å². The number of nitrogens with zero attached hydrogens (tertiary/aromatic N) is 2. The van der Waals surface area contributed by atoms with Crippen LogP contribution in [-0.4, -0.2) is 27.8 Å². The highest BCUT2D eigenvalue weighted by Crippen LogP contribution is 2.06. The lowest BCUT2D eigenvalue weighted by Crippen LogP contribution is -2.26. The second-order valence-corrected chi connectivity index (χ2v) is 4.23. The highest BCUT2D eigenvalue weighted by Gasteiger charge is 2.07. The molecule has 0 saturated heterocycles. The number of hydrogen-bond donors (Lipinski definition) is 1. The molecular weight excluding hydrogens is 182 g/mol. The zero-order valence-corrected chi connectivity index (χ0v) is 9.27. The molecule has 1 rings (SSSR count). The third-order valence-corrected chi connectivity index (χ3v) is 2.71. The molecular formula is C9H17N3S. The minimum atomic E-state index is 0.241. The van der Waals surface area contributed by atoms with E-state index in [0.29, 0.717) is 0 Å². The summed E-state index contributed by atoms with van der Waals surface area (Å²) in [6.45, 7) is 2.00. The molecule has 1 unspecified atom stereocenters. The van der Waals surface area contributed by atoms with Crippen molar-refractivity contribution < 1.29 is 0 Å². The number of hydrogen-bond acceptors (Lipinski definition) is 3. The van der Waals surface area contributed by atoms with Crippen LogP contribution in [0, 0.1) is 6.92 Å². The Morgan fingerprint density at radius 3 is 2.85 bits per heavy atom. The SMILES string of the molecule is CSCC(N)Cc1cc(C)nn1C. The zero-order chi connectivity index (χ0) is 9.84. The van der Waals surface area contributed by atoms with Crippen LogP contribution in [0.4, 0.5) is 0 Å². The fraction of sp³-hybridized carbons (Fsp3) is 0.667. The van der Waals surface area contributed by atoms with Crippen LogP contribution in [0.1, 0.15) is 11.4 Å². The average Bonchev–Trinajstić information content (AvgIpc) is 2.30. The Bertz CT molecular complexity index is 270. The lowest BCUT2D eigenvalue weighted by Gasteiger charge is -2.09. The Kier molecular flexibility index (Phi) is 3.81. The fourth-order valence-electron chi connectivity index (χ4n) is 1.40. The molecule has 74 valence electrons. The van der Waals surface area contributed by atoms with Gasteiger partial charge in [-0.1, -0.05) is 0 Å². The van der Waals surface area contributed by atoms with Crippen molar-refractivity contribution in [2.24, 2.45) is 12.8 Å². The van der Waals surface area contributed by atoms with E-state index >= 15 is 0 Å². The number of rotatable bonds is 4. The molecule has 0 bridgehead atoms. The van der Waals surface area contributed by atoms with E-state index in [2.05, 4.69) is 17.4 Å². The van der Waals surface area contributed by atoms with Gasteiger partial charge in [0.05, 0.1) is 5.69 Å². The van der Waals surface area contributed by atoms with Crippen LogP contribution in [0.5, 0.6) is 0 Å². The van der Waals surface area contributed by atoms with E-state index in [0.717, 1.165) is 17.9 Å². The van der Waals surface area contributed by atoms with E-state index in [1.807, 2.05) is 18.7 Å². The summed E-state index contributed by atoms with van der Waals surface area (Å²) >= 11 is 1.79. The molecule has 3 nitrogen and oxygen atoms in total. The third kappa shape index (κ3) is 3.04. The standard InChI is InChI=1S/C9H17N3S/c1-7-4-9(12(2)11-7)5-8(10)6-13-3/h4,8H,5-6,10H2,1-3H3. The Morgan fingerprint density at radius 1 is 1.69 bits per heavy atom. The van der Waals surface area contributed by atoms with Gasteiger partial charge in [-0.2, -0.15) is 16.9 Å². The van der Waals surface area contributed by atoms with Crippen LogP contribution >= 0.6 is 11.8 Å². The maximum absolute atomic E-state index is 5.93. The molecule has 0 amide bonds. The minimum absolute atomic E-state index is 0.241. The minimum Gasteiger partial charge on any atom is -0.327 e. The van der Waals surface area contributed by atoms with Crippen LogP contribution in [0.15, 0.2) is 6.07 Å². The van der Waals surface area contributed by atoms with Crippen molar-refractivity contribution in [2.75, 3.05) is 12.0 Å². The predicted molar refractivity (Wildman–Crippen MR) is 58.0 cm³/mol.